The molecule has 0 rings (SSSR count). The zero-order valence-electron chi connectivity index (χ0n) is 7.68. The van der Waals surface area contributed by atoms with Crippen LogP contribution in [0.4, 0.5) is 0 Å². The van der Waals surface area contributed by atoms with Crippen molar-refractivity contribution in [2.24, 2.45) is 0 Å². The standard InChI is InChI=1S/C10H15NO/c1-4-5-6-7-11-10(12)8-9(2)3/h1,8H,5-7H2,2-3H3,(H,11,12). The molecule has 1 amide bonds. The zero-order valence-corrected chi connectivity index (χ0v) is 7.68. The fourth-order valence-electron chi connectivity index (χ4n) is 0.715. The molecule has 0 fully saturated rings. The number of amides is 1. The second kappa shape index (κ2) is 6.48. The molecule has 1 N–H and O–H groups in total. The van der Waals surface area contributed by atoms with Gasteiger partial charge in [-0.3, -0.25) is 4.79 Å². The van der Waals surface area contributed by atoms with Gasteiger partial charge in [0.1, 0.15) is 0 Å². The van der Waals surface area contributed by atoms with Gasteiger partial charge in [0.15, 0.2) is 0 Å². The third kappa shape index (κ3) is 6.88. The van der Waals surface area contributed by atoms with E-state index in [0.717, 1.165) is 18.4 Å². The van der Waals surface area contributed by atoms with E-state index in [-0.39, 0.29) is 5.91 Å². The minimum Gasteiger partial charge on any atom is -0.353 e. The van der Waals surface area contributed by atoms with E-state index in [1.165, 1.54) is 0 Å². The van der Waals surface area contributed by atoms with Crippen molar-refractivity contribution >= 4 is 5.91 Å². The first-order valence-corrected chi connectivity index (χ1v) is 4.03. The average Bonchev–Trinajstić information content (AvgIpc) is 1.97. The Morgan fingerprint density at radius 1 is 1.58 bits per heavy atom. The van der Waals surface area contributed by atoms with Gasteiger partial charge >= 0.3 is 0 Å². The van der Waals surface area contributed by atoms with Gasteiger partial charge in [0.05, 0.1) is 0 Å². The average molecular weight is 165 g/mol. The van der Waals surface area contributed by atoms with E-state index in [4.69, 9.17) is 6.42 Å². The van der Waals surface area contributed by atoms with Crippen LogP contribution in [0.25, 0.3) is 0 Å². The van der Waals surface area contributed by atoms with Crippen LogP contribution in [-0.4, -0.2) is 12.5 Å². The highest BCUT2D eigenvalue weighted by Gasteiger charge is 1.93. The number of terminal acetylenes is 1. The van der Waals surface area contributed by atoms with Gasteiger partial charge in [-0.2, -0.15) is 0 Å². The summed E-state index contributed by atoms with van der Waals surface area (Å²) in [6.07, 6.45) is 8.19. The number of rotatable bonds is 4. The zero-order chi connectivity index (χ0) is 9.40. The molecule has 0 spiro atoms. The summed E-state index contributed by atoms with van der Waals surface area (Å²) in [5.41, 5.74) is 1.00. The second-order valence-electron chi connectivity index (χ2n) is 2.82. The molecule has 0 aliphatic carbocycles. The van der Waals surface area contributed by atoms with E-state index < -0.39 is 0 Å². The van der Waals surface area contributed by atoms with Crippen LogP contribution in [0.1, 0.15) is 26.7 Å². The molecule has 0 unspecified atom stereocenters. The molecule has 0 bridgehead atoms. The van der Waals surface area contributed by atoms with E-state index >= 15 is 0 Å². The lowest BCUT2D eigenvalue weighted by Crippen LogP contribution is -2.22. The highest BCUT2D eigenvalue weighted by atomic mass is 16.1. The minimum absolute atomic E-state index is 0.0352. The maximum absolute atomic E-state index is 11.0. The Hall–Kier alpha value is -1.23. The molecule has 2 nitrogen and oxygen atoms in total. The summed E-state index contributed by atoms with van der Waals surface area (Å²) in [7, 11) is 0. The predicted molar refractivity (Wildman–Crippen MR) is 50.5 cm³/mol. The van der Waals surface area contributed by atoms with Gasteiger partial charge in [0.2, 0.25) is 5.91 Å². The quantitative estimate of drug-likeness (QED) is 0.381. The largest absolute Gasteiger partial charge is 0.353 e. The van der Waals surface area contributed by atoms with Crippen molar-refractivity contribution in [3.8, 4) is 12.3 Å². The molecule has 0 saturated carbocycles. The molecular formula is C10H15NO. The van der Waals surface area contributed by atoms with Crippen LogP contribution in [0.5, 0.6) is 0 Å². The molecule has 0 heterocycles. The molecular weight excluding hydrogens is 150 g/mol. The smallest absolute Gasteiger partial charge is 0.243 e. The number of carbonyl (C=O) groups is 1. The molecule has 0 aromatic heterocycles. The molecule has 0 radical (unpaired) electrons. The highest BCUT2D eigenvalue weighted by Crippen LogP contribution is 1.88. The Kier molecular flexibility index (Phi) is 5.81. The summed E-state index contributed by atoms with van der Waals surface area (Å²) in [5.74, 6) is 2.48. The molecule has 12 heavy (non-hydrogen) atoms. The third-order valence-corrected chi connectivity index (χ3v) is 1.22. The lowest BCUT2D eigenvalue weighted by atomic mass is 10.3. The van der Waals surface area contributed by atoms with Crippen LogP contribution in [0.15, 0.2) is 11.6 Å². The Morgan fingerprint density at radius 2 is 2.25 bits per heavy atom. The normalized spacial score (nSPS) is 8.42. The molecule has 0 aliphatic rings. The lowest BCUT2D eigenvalue weighted by molar-refractivity contribution is -0.116. The molecule has 0 aromatic carbocycles. The van der Waals surface area contributed by atoms with E-state index in [9.17, 15) is 4.79 Å². The van der Waals surface area contributed by atoms with Crippen LogP contribution >= 0.6 is 0 Å². The predicted octanol–water partition coefficient (Wildman–Crippen LogP) is 1.48. The minimum atomic E-state index is -0.0352. The van der Waals surface area contributed by atoms with E-state index in [2.05, 4.69) is 11.2 Å². The second-order valence-corrected chi connectivity index (χ2v) is 2.82. The molecule has 0 aliphatic heterocycles. The summed E-state index contributed by atoms with van der Waals surface area (Å²) in [4.78, 5) is 11.0. The number of hydrogen-bond donors (Lipinski definition) is 1. The fourth-order valence-corrected chi connectivity index (χ4v) is 0.715. The van der Waals surface area contributed by atoms with Crippen molar-refractivity contribution in [3.05, 3.63) is 11.6 Å². The van der Waals surface area contributed by atoms with Crippen molar-refractivity contribution in [3.63, 3.8) is 0 Å². The molecule has 66 valence electrons. The van der Waals surface area contributed by atoms with Crippen molar-refractivity contribution in [2.45, 2.75) is 26.7 Å². The summed E-state index contributed by atoms with van der Waals surface area (Å²) in [6.45, 7) is 4.44. The number of carbonyl (C=O) groups excluding carboxylic acids is 1. The van der Waals surface area contributed by atoms with E-state index in [1.807, 2.05) is 13.8 Å². The fraction of sp³-hybridized carbons (Fsp3) is 0.500. The van der Waals surface area contributed by atoms with Gasteiger partial charge in [-0.15, -0.1) is 12.3 Å². The topological polar surface area (TPSA) is 29.1 Å². The van der Waals surface area contributed by atoms with Gasteiger partial charge in [-0.05, 0) is 20.3 Å². The molecule has 2 heteroatoms. The lowest BCUT2D eigenvalue weighted by Gasteiger charge is -1.99. The van der Waals surface area contributed by atoms with Crippen molar-refractivity contribution < 1.29 is 4.79 Å². The van der Waals surface area contributed by atoms with Gasteiger partial charge in [0, 0.05) is 19.0 Å². The summed E-state index contributed by atoms with van der Waals surface area (Å²) in [5, 5.41) is 2.74. The maximum atomic E-state index is 11.0. The number of unbranched alkanes of at least 4 members (excludes halogenated alkanes) is 1. The first-order chi connectivity index (χ1) is 5.66. The van der Waals surface area contributed by atoms with Gasteiger partial charge in [-0.1, -0.05) is 5.57 Å². The van der Waals surface area contributed by atoms with Crippen molar-refractivity contribution in [2.75, 3.05) is 6.54 Å². The SMILES string of the molecule is C#CCCCNC(=O)C=C(C)C. The Bertz CT molecular complexity index is 206. The first-order valence-electron chi connectivity index (χ1n) is 4.03. The van der Waals surface area contributed by atoms with E-state index in [0.29, 0.717) is 6.54 Å². The number of hydrogen-bond acceptors (Lipinski definition) is 1. The monoisotopic (exact) mass is 165 g/mol. The molecule has 0 saturated heterocycles. The summed E-state index contributed by atoms with van der Waals surface area (Å²) in [6, 6.07) is 0. The Balaban J connectivity index is 3.47. The summed E-state index contributed by atoms with van der Waals surface area (Å²) < 4.78 is 0. The highest BCUT2D eigenvalue weighted by molar-refractivity contribution is 5.87. The van der Waals surface area contributed by atoms with Crippen LogP contribution < -0.4 is 5.32 Å². The molecule has 0 atom stereocenters. The third-order valence-electron chi connectivity index (χ3n) is 1.22. The van der Waals surface area contributed by atoms with Gasteiger partial charge in [-0.25, -0.2) is 0 Å². The molecule has 0 aromatic rings. The van der Waals surface area contributed by atoms with Crippen LogP contribution in [-0.2, 0) is 4.79 Å². The van der Waals surface area contributed by atoms with Gasteiger partial charge in [0.25, 0.3) is 0 Å². The number of nitrogens with one attached hydrogen (secondary N) is 1. The first kappa shape index (κ1) is 10.8. The van der Waals surface area contributed by atoms with Gasteiger partial charge < -0.3 is 5.32 Å². The van der Waals surface area contributed by atoms with Crippen LogP contribution in [0.3, 0.4) is 0 Å². The number of allylic oxidation sites excluding steroid dienone is 1. The Labute approximate surface area is 74.0 Å². The van der Waals surface area contributed by atoms with E-state index in [1.54, 1.807) is 6.08 Å². The summed E-state index contributed by atoms with van der Waals surface area (Å²) >= 11 is 0. The van der Waals surface area contributed by atoms with Crippen LogP contribution in [0.2, 0.25) is 0 Å². The maximum Gasteiger partial charge on any atom is 0.243 e. The Morgan fingerprint density at radius 3 is 2.75 bits per heavy atom. The van der Waals surface area contributed by atoms with Crippen LogP contribution in [0, 0.1) is 12.3 Å². The van der Waals surface area contributed by atoms with Crippen molar-refractivity contribution in [1.82, 2.24) is 5.32 Å². The van der Waals surface area contributed by atoms with Crippen molar-refractivity contribution in [1.29, 1.82) is 0 Å².